The van der Waals surface area contributed by atoms with E-state index in [0.717, 1.165) is 44.2 Å². The van der Waals surface area contributed by atoms with Gasteiger partial charge in [0.15, 0.2) is 0 Å². The largest absolute Gasteiger partial charge is 0.364 e. The summed E-state index contributed by atoms with van der Waals surface area (Å²) < 4.78 is 6.28. The number of benzene rings is 2. The van der Waals surface area contributed by atoms with E-state index >= 15 is 0 Å². The van der Waals surface area contributed by atoms with Crippen molar-refractivity contribution in [3.05, 3.63) is 65.2 Å². The maximum absolute atomic E-state index is 13.8. The summed E-state index contributed by atoms with van der Waals surface area (Å²) in [5.74, 6) is -0.161. The first kappa shape index (κ1) is 20.9. The molecule has 2 fully saturated rings. The van der Waals surface area contributed by atoms with Gasteiger partial charge in [0, 0.05) is 24.2 Å². The molecule has 1 aliphatic carbocycles. The minimum Gasteiger partial charge on any atom is -0.364 e. The lowest BCUT2D eigenvalue weighted by atomic mass is 9.77. The molecule has 1 saturated carbocycles. The van der Waals surface area contributed by atoms with Crippen molar-refractivity contribution in [3.63, 3.8) is 0 Å². The zero-order valence-corrected chi connectivity index (χ0v) is 19.3. The van der Waals surface area contributed by atoms with Crippen molar-refractivity contribution in [1.82, 2.24) is 4.90 Å². The van der Waals surface area contributed by atoms with E-state index in [0.29, 0.717) is 19.7 Å². The smallest absolute Gasteiger partial charge is 0.231 e. The number of nitrogens with zero attached hydrogens (tertiary/aromatic N) is 2. The van der Waals surface area contributed by atoms with E-state index in [2.05, 4.69) is 43.3 Å². The molecule has 4 aliphatic rings. The van der Waals surface area contributed by atoms with Crippen LogP contribution in [0.5, 0.6) is 0 Å². The molecule has 4 atom stereocenters. The van der Waals surface area contributed by atoms with Crippen LogP contribution in [-0.4, -0.2) is 35.8 Å². The van der Waals surface area contributed by atoms with Crippen molar-refractivity contribution >= 4 is 17.5 Å². The number of fused-ring (bicyclic) bond motifs is 3. The van der Waals surface area contributed by atoms with Gasteiger partial charge in [-0.05, 0) is 55.4 Å². The van der Waals surface area contributed by atoms with Crippen molar-refractivity contribution < 1.29 is 14.3 Å². The van der Waals surface area contributed by atoms with Crippen molar-refractivity contribution in [2.45, 2.75) is 63.7 Å². The monoisotopic (exact) mass is 444 g/mol. The SMILES string of the molecule is CC1Cc2ccccc2N1C(=O)C1CCCCC1C(=O)N1CCC2(C1)OCc1ccccc12. The van der Waals surface area contributed by atoms with Crippen molar-refractivity contribution in [1.29, 1.82) is 0 Å². The average Bonchev–Trinajstić information content (AvgIpc) is 3.54. The molecule has 5 nitrogen and oxygen atoms in total. The van der Waals surface area contributed by atoms with Gasteiger partial charge in [0.2, 0.25) is 11.8 Å². The molecule has 3 heterocycles. The Hall–Kier alpha value is -2.66. The predicted molar refractivity (Wildman–Crippen MR) is 127 cm³/mol. The van der Waals surface area contributed by atoms with Crippen LogP contribution in [0.15, 0.2) is 48.5 Å². The summed E-state index contributed by atoms with van der Waals surface area (Å²) in [7, 11) is 0. The molecular weight excluding hydrogens is 412 g/mol. The quantitative estimate of drug-likeness (QED) is 0.689. The second kappa shape index (κ2) is 7.98. The van der Waals surface area contributed by atoms with Gasteiger partial charge in [-0.3, -0.25) is 9.59 Å². The number of hydrogen-bond donors (Lipinski definition) is 0. The minimum atomic E-state index is -0.372. The molecule has 6 rings (SSSR count). The van der Waals surface area contributed by atoms with E-state index in [-0.39, 0.29) is 35.3 Å². The van der Waals surface area contributed by atoms with E-state index in [1.165, 1.54) is 16.7 Å². The Morgan fingerprint density at radius 1 is 0.939 bits per heavy atom. The number of hydrogen-bond acceptors (Lipinski definition) is 3. The zero-order chi connectivity index (χ0) is 22.6. The summed E-state index contributed by atoms with van der Waals surface area (Å²) in [5.41, 5.74) is 4.36. The Morgan fingerprint density at radius 2 is 1.64 bits per heavy atom. The third-order valence-corrected chi connectivity index (χ3v) is 8.40. The number of anilines is 1. The third-order valence-electron chi connectivity index (χ3n) is 8.40. The first-order valence-corrected chi connectivity index (χ1v) is 12.5. The minimum absolute atomic E-state index is 0.141. The van der Waals surface area contributed by atoms with Crippen LogP contribution in [0.4, 0.5) is 5.69 Å². The summed E-state index contributed by atoms with van der Waals surface area (Å²) in [6.45, 7) is 4.04. The molecular formula is C28H32N2O3. The summed E-state index contributed by atoms with van der Waals surface area (Å²) in [6, 6.07) is 16.7. The Balaban J connectivity index is 1.23. The molecule has 172 valence electrons. The van der Waals surface area contributed by atoms with Crippen molar-refractivity contribution in [2.24, 2.45) is 11.8 Å². The predicted octanol–water partition coefficient (Wildman–Crippen LogP) is 4.43. The van der Waals surface area contributed by atoms with Crippen LogP contribution >= 0.6 is 0 Å². The fourth-order valence-electron chi connectivity index (χ4n) is 6.73. The number of rotatable bonds is 2. The normalized spacial score (nSPS) is 30.5. The Kier molecular flexibility index (Phi) is 5.06. The lowest BCUT2D eigenvalue weighted by Crippen LogP contribution is -2.48. The van der Waals surface area contributed by atoms with Gasteiger partial charge >= 0.3 is 0 Å². The summed E-state index contributed by atoms with van der Waals surface area (Å²) in [5, 5.41) is 0. The lowest BCUT2D eigenvalue weighted by Gasteiger charge is -2.36. The van der Waals surface area contributed by atoms with Gasteiger partial charge in [0.1, 0.15) is 5.60 Å². The molecule has 2 aromatic rings. The Labute approximate surface area is 195 Å². The molecule has 2 amide bonds. The van der Waals surface area contributed by atoms with Crippen LogP contribution in [0.3, 0.4) is 0 Å². The summed E-state index contributed by atoms with van der Waals surface area (Å²) >= 11 is 0. The molecule has 0 aromatic heterocycles. The van der Waals surface area contributed by atoms with Crippen LogP contribution in [0, 0.1) is 11.8 Å². The Morgan fingerprint density at radius 3 is 2.45 bits per heavy atom. The first-order chi connectivity index (χ1) is 16.1. The van der Waals surface area contributed by atoms with Crippen LogP contribution in [0.1, 0.15) is 55.7 Å². The van der Waals surface area contributed by atoms with E-state index in [4.69, 9.17) is 4.74 Å². The van der Waals surface area contributed by atoms with Crippen LogP contribution in [0.2, 0.25) is 0 Å². The molecule has 1 spiro atoms. The molecule has 2 aromatic carbocycles. The molecule has 3 aliphatic heterocycles. The standard InChI is InChI=1S/C28H32N2O3/c1-19-16-20-8-3-7-13-25(20)30(19)27(32)23-11-5-4-10-22(23)26(31)29-15-14-28(18-29)24-12-6-2-9-21(24)17-33-28/h2-3,6-9,12-13,19,22-23H,4-5,10-11,14-18H2,1H3. The van der Waals surface area contributed by atoms with Gasteiger partial charge in [-0.15, -0.1) is 0 Å². The number of amides is 2. The van der Waals surface area contributed by atoms with Crippen LogP contribution < -0.4 is 4.90 Å². The second-order valence-corrected chi connectivity index (χ2v) is 10.3. The van der Waals surface area contributed by atoms with Gasteiger partial charge in [0.25, 0.3) is 0 Å². The third kappa shape index (κ3) is 3.31. The highest BCUT2D eigenvalue weighted by Gasteiger charge is 2.49. The topological polar surface area (TPSA) is 49.9 Å². The Bertz CT molecular complexity index is 1100. The lowest BCUT2D eigenvalue weighted by molar-refractivity contribution is -0.143. The molecule has 0 N–H and O–H groups in total. The zero-order valence-electron chi connectivity index (χ0n) is 19.3. The van der Waals surface area contributed by atoms with Gasteiger partial charge in [-0.25, -0.2) is 0 Å². The van der Waals surface area contributed by atoms with Crippen LogP contribution in [0.25, 0.3) is 0 Å². The van der Waals surface area contributed by atoms with E-state index < -0.39 is 0 Å². The molecule has 4 unspecified atom stereocenters. The maximum Gasteiger partial charge on any atom is 0.231 e. The number of likely N-dealkylation sites (tertiary alicyclic amines) is 1. The van der Waals surface area contributed by atoms with Gasteiger partial charge in [0.05, 0.1) is 19.1 Å². The van der Waals surface area contributed by atoms with E-state index in [9.17, 15) is 9.59 Å². The number of para-hydroxylation sites is 1. The molecule has 5 heteroatoms. The maximum atomic E-state index is 13.8. The van der Waals surface area contributed by atoms with Gasteiger partial charge in [-0.2, -0.15) is 0 Å². The first-order valence-electron chi connectivity index (χ1n) is 12.5. The fourth-order valence-corrected chi connectivity index (χ4v) is 6.73. The fraction of sp³-hybridized carbons (Fsp3) is 0.500. The number of carbonyl (C=O) groups is 2. The molecule has 0 radical (unpaired) electrons. The number of carbonyl (C=O) groups excluding carboxylic acids is 2. The molecule has 0 bridgehead atoms. The average molecular weight is 445 g/mol. The van der Waals surface area contributed by atoms with Crippen molar-refractivity contribution in [2.75, 3.05) is 18.0 Å². The molecule has 1 saturated heterocycles. The van der Waals surface area contributed by atoms with Gasteiger partial charge in [-0.1, -0.05) is 55.3 Å². The molecule has 33 heavy (non-hydrogen) atoms. The highest BCUT2D eigenvalue weighted by Crippen LogP contribution is 2.45. The summed E-state index contributed by atoms with van der Waals surface area (Å²) in [6.07, 6.45) is 5.37. The van der Waals surface area contributed by atoms with E-state index in [1.54, 1.807) is 0 Å². The van der Waals surface area contributed by atoms with Gasteiger partial charge < -0.3 is 14.5 Å². The highest BCUT2D eigenvalue weighted by molar-refractivity contribution is 6.00. The number of ether oxygens (including phenoxy) is 1. The summed E-state index contributed by atoms with van der Waals surface area (Å²) in [4.78, 5) is 31.6. The highest BCUT2D eigenvalue weighted by atomic mass is 16.5. The second-order valence-electron chi connectivity index (χ2n) is 10.3. The van der Waals surface area contributed by atoms with Crippen molar-refractivity contribution in [3.8, 4) is 0 Å². The van der Waals surface area contributed by atoms with Crippen LogP contribution in [-0.2, 0) is 33.0 Å². The van der Waals surface area contributed by atoms with E-state index in [1.807, 2.05) is 21.9 Å².